The average molecular weight is 249 g/mol. The molecule has 0 aliphatic rings. The van der Waals surface area contributed by atoms with Crippen LogP contribution in [0.5, 0.6) is 0 Å². The van der Waals surface area contributed by atoms with Crippen LogP contribution >= 0.6 is 11.3 Å². The molecule has 1 atom stereocenters. The second-order valence-electron chi connectivity index (χ2n) is 3.44. The summed E-state index contributed by atoms with van der Waals surface area (Å²) < 4.78 is 0. The summed E-state index contributed by atoms with van der Waals surface area (Å²) in [5, 5.41) is 14.0. The van der Waals surface area contributed by atoms with Crippen molar-refractivity contribution in [1.29, 1.82) is 0 Å². The van der Waals surface area contributed by atoms with Gasteiger partial charge in [0.1, 0.15) is 0 Å². The third-order valence-electron chi connectivity index (χ3n) is 2.22. The van der Waals surface area contributed by atoms with E-state index in [-0.39, 0.29) is 11.7 Å². The number of nitrogens with zero attached hydrogens (tertiary/aromatic N) is 2. The fourth-order valence-electron chi connectivity index (χ4n) is 1.41. The molecular weight excluding hydrogens is 238 g/mol. The first-order chi connectivity index (χ1) is 8.18. The lowest BCUT2D eigenvalue weighted by Crippen LogP contribution is -2.12. The van der Waals surface area contributed by atoms with E-state index in [1.807, 2.05) is 24.4 Å². The molecule has 2 aromatic heterocycles. The number of carboxylic acid groups (broad SMARTS) is 1. The molecule has 5 nitrogen and oxygen atoms in total. The average Bonchev–Trinajstić information content (AvgIpc) is 2.83. The largest absolute Gasteiger partial charge is 0.476 e. The molecule has 2 rings (SSSR count). The monoisotopic (exact) mass is 249 g/mol. The molecule has 0 amide bonds. The summed E-state index contributed by atoms with van der Waals surface area (Å²) in [6, 6.07) is 3.94. The van der Waals surface area contributed by atoms with Crippen molar-refractivity contribution in [3.05, 3.63) is 40.5 Å². The number of anilines is 1. The van der Waals surface area contributed by atoms with Gasteiger partial charge in [0.15, 0.2) is 11.5 Å². The summed E-state index contributed by atoms with van der Waals surface area (Å²) >= 11 is 1.61. The zero-order valence-corrected chi connectivity index (χ0v) is 9.94. The van der Waals surface area contributed by atoms with Crippen molar-refractivity contribution in [2.75, 3.05) is 5.32 Å². The van der Waals surface area contributed by atoms with Gasteiger partial charge in [-0.1, -0.05) is 6.07 Å². The van der Waals surface area contributed by atoms with Crippen LogP contribution in [-0.2, 0) is 0 Å². The number of nitrogens with one attached hydrogen (secondary N) is 1. The quantitative estimate of drug-likeness (QED) is 0.870. The minimum absolute atomic E-state index is 0.00444. The first-order valence-corrected chi connectivity index (χ1v) is 5.90. The van der Waals surface area contributed by atoms with E-state index in [1.54, 1.807) is 11.3 Å². The molecule has 2 aromatic rings. The molecule has 0 radical (unpaired) electrons. The van der Waals surface area contributed by atoms with Crippen molar-refractivity contribution in [1.82, 2.24) is 9.97 Å². The Hall–Kier alpha value is -1.95. The number of aromatic nitrogens is 2. The second kappa shape index (κ2) is 4.92. The molecule has 17 heavy (non-hydrogen) atoms. The summed E-state index contributed by atoms with van der Waals surface area (Å²) in [6.45, 7) is 1.95. The van der Waals surface area contributed by atoms with Gasteiger partial charge in [-0.3, -0.25) is 0 Å². The Bertz CT molecular complexity index is 513. The molecule has 0 saturated heterocycles. The first kappa shape index (κ1) is 11.5. The Balaban J connectivity index is 2.21. The SMILES string of the molecule is CC(Nc1nccnc1C(=O)O)c1cccs1. The zero-order valence-electron chi connectivity index (χ0n) is 9.12. The van der Waals surface area contributed by atoms with Gasteiger partial charge in [0.25, 0.3) is 0 Å². The van der Waals surface area contributed by atoms with E-state index in [4.69, 9.17) is 5.11 Å². The van der Waals surface area contributed by atoms with E-state index in [0.29, 0.717) is 5.82 Å². The Morgan fingerprint density at radius 2 is 2.24 bits per heavy atom. The molecule has 1 unspecified atom stereocenters. The standard InChI is InChI=1S/C11H11N3O2S/c1-7(8-3-2-6-17-8)14-10-9(11(15)16)12-4-5-13-10/h2-7H,1H3,(H,13,14)(H,15,16). The molecule has 0 aliphatic carbocycles. The first-order valence-electron chi connectivity index (χ1n) is 5.02. The van der Waals surface area contributed by atoms with E-state index in [2.05, 4.69) is 15.3 Å². The molecule has 6 heteroatoms. The van der Waals surface area contributed by atoms with E-state index >= 15 is 0 Å². The van der Waals surface area contributed by atoms with Gasteiger partial charge in [0.05, 0.1) is 6.04 Å². The number of hydrogen-bond donors (Lipinski definition) is 2. The van der Waals surface area contributed by atoms with E-state index in [9.17, 15) is 4.79 Å². The maximum Gasteiger partial charge on any atom is 0.358 e. The summed E-state index contributed by atoms with van der Waals surface area (Å²) in [6.07, 6.45) is 2.83. The van der Waals surface area contributed by atoms with Crippen LogP contribution in [0.4, 0.5) is 5.82 Å². The third kappa shape index (κ3) is 2.59. The van der Waals surface area contributed by atoms with Gasteiger partial charge < -0.3 is 10.4 Å². The summed E-state index contributed by atoms with van der Waals surface area (Å²) in [4.78, 5) is 19.9. The molecular formula is C11H11N3O2S. The van der Waals surface area contributed by atoms with Crippen molar-refractivity contribution in [2.45, 2.75) is 13.0 Å². The maximum atomic E-state index is 10.9. The van der Waals surface area contributed by atoms with Gasteiger partial charge in [-0.25, -0.2) is 14.8 Å². The minimum Gasteiger partial charge on any atom is -0.476 e. The number of hydrogen-bond acceptors (Lipinski definition) is 5. The third-order valence-corrected chi connectivity index (χ3v) is 3.28. The van der Waals surface area contributed by atoms with Crippen LogP contribution in [0.2, 0.25) is 0 Å². The smallest absolute Gasteiger partial charge is 0.358 e. The normalized spacial score (nSPS) is 12.1. The number of carboxylic acids is 1. The van der Waals surface area contributed by atoms with Crippen LogP contribution in [0, 0.1) is 0 Å². The van der Waals surface area contributed by atoms with Gasteiger partial charge in [0.2, 0.25) is 0 Å². The van der Waals surface area contributed by atoms with Crippen LogP contribution < -0.4 is 5.32 Å². The van der Waals surface area contributed by atoms with E-state index in [1.165, 1.54) is 12.4 Å². The van der Waals surface area contributed by atoms with Crippen molar-refractivity contribution < 1.29 is 9.90 Å². The molecule has 88 valence electrons. The van der Waals surface area contributed by atoms with Crippen LogP contribution in [0.1, 0.15) is 28.3 Å². The summed E-state index contributed by atoms with van der Waals surface area (Å²) in [5.41, 5.74) is -0.0593. The second-order valence-corrected chi connectivity index (χ2v) is 4.42. The Labute approximate surface area is 102 Å². The van der Waals surface area contributed by atoms with E-state index < -0.39 is 5.97 Å². The predicted octanol–water partition coefficient (Wildman–Crippen LogP) is 2.41. The lowest BCUT2D eigenvalue weighted by atomic mass is 10.2. The lowest BCUT2D eigenvalue weighted by molar-refractivity contribution is 0.0691. The summed E-state index contributed by atoms with van der Waals surface area (Å²) in [5.74, 6) is -0.792. The molecule has 0 aromatic carbocycles. The van der Waals surface area contributed by atoms with E-state index in [0.717, 1.165) is 4.88 Å². The molecule has 0 fully saturated rings. The van der Waals surface area contributed by atoms with Crippen molar-refractivity contribution in [3.8, 4) is 0 Å². The number of rotatable bonds is 4. The van der Waals surface area contributed by atoms with Crippen LogP contribution in [-0.4, -0.2) is 21.0 Å². The molecule has 0 saturated carbocycles. The Morgan fingerprint density at radius 1 is 1.47 bits per heavy atom. The number of aromatic carboxylic acids is 1. The Kier molecular flexibility index (Phi) is 3.34. The topological polar surface area (TPSA) is 75.1 Å². The fourth-order valence-corrected chi connectivity index (χ4v) is 2.15. The highest BCUT2D eigenvalue weighted by molar-refractivity contribution is 7.10. The zero-order chi connectivity index (χ0) is 12.3. The van der Waals surface area contributed by atoms with Crippen LogP contribution in [0.25, 0.3) is 0 Å². The molecule has 2 heterocycles. The molecule has 2 N–H and O–H groups in total. The minimum atomic E-state index is -1.08. The van der Waals surface area contributed by atoms with Crippen molar-refractivity contribution >= 4 is 23.1 Å². The predicted molar refractivity (Wildman–Crippen MR) is 65.3 cm³/mol. The van der Waals surface area contributed by atoms with Crippen molar-refractivity contribution in [2.24, 2.45) is 0 Å². The van der Waals surface area contributed by atoms with Crippen LogP contribution in [0.15, 0.2) is 29.9 Å². The molecule has 0 bridgehead atoms. The number of carbonyl (C=O) groups is 1. The highest BCUT2D eigenvalue weighted by Gasteiger charge is 2.15. The van der Waals surface area contributed by atoms with Gasteiger partial charge in [-0.2, -0.15) is 0 Å². The lowest BCUT2D eigenvalue weighted by Gasteiger charge is -2.13. The molecule has 0 aliphatic heterocycles. The van der Waals surface area contributed by atoms with Crippen molar-refractivity contribution in [3.63, 3.8) is 0 Å². The maximum absolute atomic E-state index is 10.9. The summed E-state index contributed by atoms with van der Waals surface area (Å²) in [7, 11) is 0. The van der Waals surface area contributed by atoms with Gasteiger partial charge in [-0.15, -0.1) is 11.3 Å². The van der Waals surface area contributed by atoms with Gasteiger partial charge in [-0.05, 0) is 18.4 Å². The Morgan fingerprint density at radius 3 is 2.88 bits per heavy atom. The molecule has 0 spiro atoms. The highest BCUT2D eigenvalue weighted by atomic mass is 32.1. The van der Waals surface area contributed by atoms with Gasteiger partial charge >= 0.3 is 5.97 Å². The highest BCUT2D eigenvalue weighted by Crippen LogP contribution is 2.22. The number of thiophene rings is 1. The van der Waals surface area contributed by atoms with Crippen LogP contribution in [0.3, 0.4) is 0 Å². The fraction of sp³-hybridized carbons (Fsp3) is 0.182. The van der Waals surface area contributed by atoms with Gasteiger partial charge in [0, 0.05) is 17.3 Å².